The highest BCUT2D eigenvalue weighted by molar-refractivity contribution is 5.94. The van der Waals surface area contributed by atoms with E-state index >= 15 is 0 Å². The van der Waals surface area contributed by atoms with Crippen LogP contribution >= 0.6 is 0 Å². The van der Waals surface area contributed by atoms with Crippen LogP contribution in [-0.4, -0.2) is 35.8 Å². The summed E-state index contributed by atoms with van der Waals surface area (Å²) >= 11 is 0. The van der Waals surface area contributed by atoms with Crippen LogP contribution in [0.5, 0.6) is 0 Å². The third kappa shape index (κ3) is 3.95. The molecule has 0 radical (unpaired) electrons. The Morgan fingerprint density at radius 2 is 1.52 bits per heavy atom. The molecule has 5 aliphatic rings. The zero-order valence-corrected chi connectivity index (χ0v) is 17.7. The maximum absolute atomic E-state index is 13.1. The van der Waals surface area contributed by atoms with Gasteiger partial charge in [0.15, 0.2) is 0 Å². The van der Waals surface area contributed by atoms with E-state index in [1.54, 1.807) is 0 Å². The van der Waals surface area contributed by atoms with Gasteiger partial charge in [-0.1, -0.05) is 17.7 Å². The molecule has 29 heavy (non-hydrogen) atoms. The fraction of sp³-hybridized carbons (Fsp3) is 0.680. The molecule has 6 rings (SSSR count). The normalized spacial score (nSPS) is 33.7. The molecule has 156 valence electrons. The van der Waals surface area contributed by atoms with E-state index in [9.17, 15) is 9.59 Å². The van der Waals surface area contributed by atoms with E-state index in [-0.39, 0.29) is 11.9 Å². The standard InChI is InChI=1S/C25H34N2O2/c1-17-2-4-21(5-3-17)24(29)26-22-6-8-27(9-7-22)23(28)16-25-13-18-10-19(14-25)12-20(11-18)15-25/h2-5,18-20,22H,6-16H2,1H3,(H,26,29). The SMILES string of the molecule is Cc1ccc(C(=O)NC2CCN(C(=O)CC34CC5CC(CC(C5)C3)C4)CC2)cc1. The quantitative estimate of drug-likeness (QED) is 0.827. The summed E-state index contributed by atoms with van der Waals surface area (Å²) in [6.45, 7) is 3.59. The van der Waals surface area contributed by atoms with Gasteiger partial charge in [-0.05, 0) is 93.6 Å². The van der Waals surface area contributed by atoms with Crippen LogP contribution in [0.4, 0.5) is 0 Å². The molecule has 4 heteroatoms. The summed E-state index contributed by atoms with van der Waals surface area (Å²) in [6, 6.07) is 7.89. The van der Waals surface area contributed by atoms with Gasteiger partial charge in [-0.3, -0.25) is 9.59 Å². The van der Waals surface area contributed by atoms with Crippen molar-refractivity contribution in [2.24, 2.45) is 23.2 Å². The Labute approximate surface area is 174 Å². The van der Waals surface area contributed by atoms with Crippen molar-refractivity contribution >= 4 is 11.8 Å². The van der Waals surface area contributed by atoms with E-state index in [1.807, 2.05) is 31.2 Å². The number of benzene rings is 1. The summed E-state index contributed by atoms with van der Waals surface area (Å²) in [7, 11) is 0. The summed E-state index contributed by atoms with van der Waals surface area (Å²) in [6.07, 6.45) is 10.7. The van der Waals surface area contributed by atoms with Gasteiger partial charge in [0.2, 0.25) is 5.91 Å². The van der Waals surface area contributed by atoms with E-state index in [0.29, 0.717) is 11.3 Å². The predicted octanol–water partition coefficient (Wildman–Crippen LogP) is 4.32. The van der Waals surface area contributed by atoms with Crippen molar-refractivity contribution < 1.29 is 9.59 Å². The van der Waals surface area contributed by atoms with Crippen molar-refractivity contribution in [1.82, 2.24) is 10.2 Å². The highest BCUT2D eigenvalue weighted by atomic mass is 16.2. The van der Waals surface area contributed by atoms with Crippen molar-refractivity contribution in [3.63, 3.8) is 0 Å². The Kier molecular flexibility index (Phi) is 4.92. The van der Waals surface area contributed by atoms with Crippen molar-refractivity contribution in [2.75, 3.05) is 13.1 Å². The molecule has 4 aliphatic carbocycles. The molecule has 1 saturated heterocycles. The Hall–Kier alpha value is -1.84. The van der Waals surface area contributed by atoms with Crippen LogP contribution in [0.1, 0.15) is 73.7 Å². The molecule has 4 saturated carbocycles. The Morgan fingerprint density at radius 1 is 0.966 bits per heavy atom. The molecule has 4 bridgehead atoms. The number of piperidine rings is 1. The second-order valence-corrected chi connectivity index (χ2v) is 10.6. The first-order chi connectivity index (χ1) is 14.0. The topological polar surface area (TPSA) is 49.4 Å². The van der Waals surface area contributed by atoms with Crippen LogP contribution in [0.2, 0.25) is 0 Å². The number of rotatable bonds is 4. The van der Waals surface area contributed by atoms with E-state index < -0.39 is 0 Å². The van der Waals surface area contributed by atoms with Gasteiger partial charge in [-0.25, -0.2) is 0 Å². The highest BCUT2D eigenvalue weighted by Gasteiger charge is 2.51. The molecule has 2 amide bonds. The molecular weight excluding hydrogens is 360 g/mol. The smallest absolute Gasteiger partial charge is 0.251 e. The lowest BCUT2D eigenvalue weighted by atomic mass is 9.49. The molecule has 4 nitrogen and oxygen atoms in total. The molecule has 1 heterocycles. The summed E-state index contributed by atoms with van der Waals surface area (Å²) in [4.78, 5) is 27.6. The monoisotopic (exact) mass is 394 g/mol. The van der Waals surface area contributed by atoms with Gasteiger partial charge in [0, 0.05) is 31.1 Å². The number of carbonyl (C=O) groups is 2. The number of hydrogen-bond acceptors (Lipinski definition) is 2. The minimum atomic E-state index is 0.00310. The Balaban J connectivity index is 1.12. The van der Waals surface area contributed by atoms with Crippen molar-refractivity contribution in [3.8, 4) is 0 Å². The van der Waals surface area contributed by atoms with E-state index in [0.717, 1.165) is 61.2 Å². The van der Waals surface area contributed by atoms with Gasteiger partial charge in [-0.15, -0.1) is 0 Å². The zero-order chi connectivity index (χ0) is 20.0. The molecule has 0 aromatic heterocycles. The summed E-state index contributed by atoms with van der Waals surface area (Å²) in [5, 5.41) is 3.16. The molecule has 1 aromatic rings. The molecular formula is C25H34N2O2. The fourth-order valence-electron chi connectivity index (χ4n) is 7.19. The largest absolute Gasteiger partial charge is 0.349 e. The molecule has 5 fully saturated rings. The number of likely N-dealkylation sites (tertiary alicyclic amines) is 1. The van der Waals surface area contributed by atoms with E-state index in [2.05, 4.69) is 10.2 Å². The first kappa shape index (κ1) is 19.1. The van der Waals surface area contributed by atoms with E-state index in [4.69, 9.17) is 0 Å². The second kappa shape index (κ2) is 7.45. The van der Waals surface area contributed by atoms with Gasteiger partial charge in [0.25, 0.3) is 5.91 Å². The van der Waals surface area contributed by atoms with Crippen LogP contribution in [0.25, 0.3) is 0 Å². The van der Waals surface area contributed by atoms with E-state index in [1.165, 1.54) is 38.5 Å². The van der Waals surface area contributed by atoms with Crippen LogP contribution in [0, 0.1) is 30.1 Å². The zero-order valence-electron chi connectivity index (χ0n) is 17.7. The minimum Gasteiger partial charge on any atom is -0.349 e. The lowest BCUT2D eigenvalue weighted by Gasteiger charge is -2.57. The maximum Gasteiger partial charge on any atom is 0.251 e. The van der Waals surface area contributed by atoms with Gasteiger partial charge >= 0.3 is 0 Å². The minimum absolute atomic E-state index is 0.00310. The first-order valence-corrected chi connectivity index (χ1v) is 11.6. The molecule has 1 aliphatic heterocycles. The average molecular weight is 395 g/mol. The number of aryl methyl sites for hydroxylation is 1. The van der Waals surface area contributed by atoms with Crippen molar-refractivity contribution in [3.05, 3.63) is 35.4 Å². The molecule has 0 unspecified atom stereocenters. The van der Waals surface area contributed by atoms with Crippen LogP contribution in [0.15, 0.2) is 24.3 Å². The fourth-order valence-corrected chi connectivity index (χ4v) is 7.19. The average Bonchev–Trinajstić information content (AvgIpc) is 2.67. The predicted molar refractivity (Wildman–Crippen MR) is 113 cm³/mol. The van der Waals surface area contributed by atoms with Gasteiger partial charge < -0.3 is 10.2 Å². The molecule has 0 spiro atoms. The summed E-state index contributed by atoms with van der Waals surface area (Å²) in [5.74, 6) is 3.07. The number of nitrogens with zero attached hydrogens (tertiary/aromatic N) is 1. The number of carbonyl (C=O) groups excluding carboxylic acids is 2. The second-order valence-electron chi connectivity index (χ2n) is 10.6. The molecule has 1 aromatic carbocycles. The van der Waals surface area contributed by atoms with Crippen LogP contribution in [-0.2, 0) is 4.79 Å². The number of amides is 2. The van der Waals surface area contributed by atoms with Crippen LogP contribution < -0.4 is 5.32 Å². The van der Waals surface area contributed by atoms with Crippen LogP contribution in [0.3, 0.4) is 0 Å². The molecule has 1 N–H and O–H groups in total. The van der Waals surface area contributed by atoms with Crippen molar-refractivity contribution in [2.45, 2.75) is 70.8 Å². The first-order valence-electron chi connectivity index (χ1n) is 11.6. The van der Waals surface area contributed by atoms with Crippen molar-refractivity contribution in [1.29, 1.82) is 0 Å². The van der Waals surface area contributed by atoms with Gasteiger partial charge in [0.1, 0.15) is 0 Å². The lowest BCUT2D eigenvalue weighted by Crippen LogP contribution is -2.50. The molecule has 0 atom stereocenters. The van der Waals surface area contributed by atoms with Gasteiger partial charge in [-0.2, -0.15) is 0 Å². The number of nitrogens with one attached hydrogen (secondary N) is 1. The lowest BCUT2D eigenvalue weighted by molar-refractivity contribution is -0.140. The highest BCUT2D eigenvalue weighted by Crippen LogP contribution is 2.61. The third-order valence-corrected chi connectivity index (χ3v) is 8.19. The maximum atomic E-state index is 13.1. The Bertz CT molecular complexity index is 741. The Morgan fingerprint density at radius 3 is 2.07 bits per heavy atom. The van der Waals surface area contributed by atoms with Gasteiger partial charge in [0.05, 0.1) is 0 Å². The number of hydrogen-bond donors (Lipinski definition) is 1. The summed E-state index contributed by atoms with van der Waals surface area (Å²) < 4.78 is 0. The third-order valence-electron chi connectivity index (χ3n) is 8.19. The summed E-state index contributed by atoms with van der Waals surface area (Å²) in [5.41, 5.74) is 2.20.